The van der Waals surface area contributed by atoms with Crippen molar-refractivity contribution in [2.24, 2.45) is 0 Å². The summed E-state index contributed by atoms with van der Waals surface area (Å²) in [5.74, 6) is 0. The molecule has 0 unspecified atom stereocenters. The number of hydrogen-bond donors (Lipinski definition) is 0. The number of rotatable bonds is 2. The zero-order valence-corrected chi connectivity index (χ0v) is 11.1. The molecular formula is C9H10Cl2N2O3S. The van der Waals surface area contributed by atoms with Crippen molar-refractivity contribution in [3.8, 4) is 0 Å². The highest BCUT2D eigenvalue weighted by atomic mass is 35.5. The van der Waals surface area contributed by atoms with E-state index >= 15 is 0 Å². The van der Waals surface area contributed by atoms with Gasteiger partial charge in [-0.15, -0.1) is 0 Å². The fraction of sp³-hybridized carbons (Fsp3) is 0.444. The molecule has 1 aliphatic rings. The number of ether oxygens (including phenoxy) is 1. The maximum absolute atomic E-state index is 12.2. The average molecular weight is 297 g/mol. The molecule has 2 rings (SSSR count). The fourth-order valence-corrected chi connectivity index (χ4v) is 3.20. The van der Waals surface area contributed by atoms with Gasteiger partial charge in [0.25, 0.3) is 0 Å². The largest absolute Gasteiger partial charge is 0.379 e. The molecule has 1 saturated heterocycles. The van der Waals surface area contributed by atoms with E-state index in [0.29, 0.717) is 26.3 Å². The molecule has 94 valence electrons. The Kier molecular flexibility index (Phi) is 3.89. The molecule has 2 heterocycles. The monoisotopic (exact) mass is 296 g/mol. The summed E-state index contributed by atoms with van der Waals surface area (Å²) in [5, 5.41) is 0.216. The number of sulfonamides is 1. The van der Waals surface area contributed by atoms with Crippen molar-refractivity contribution in [2.75, 3.05) is 26.3 Å². The highest BCUT2D eigenvalue weighted by molar-refractivity contribution is 7.89. The lowest BCUT2D eigenvalue weighted by Crippen LogP contribution is -2.40. The van der Waals surface area contributed by atoms with Crippen LogP contribution in [0, 0.1) is 0 Å². The molecule has 1 aromatic rings. The lowest BCUT2D eigenvalue weighted by molar-refractivity contribution is 0.0730. The maximum Gasteiger partial charge on any atom is 0.244 e. The van der Waals surface area contributed by atoms with Gasteiger partial charge < -0.3 is 4.74 Å². The number of halogens is 2. The number of aromatic nitrogens is 1. The Morgan fingerprint density at radius 3 is 2.53 bits per heavy atom. The zero-order chi connectivity index (χ0) is 12.5. The molecular weight excluding hydrogens is 287 g/mol. The van der Waals surface area contributed by atoms with E-state index in [2.05, 4.69) is 4.98 Å². The van der Waals surface area contributed by atoms with E-state index < -0.39 is 10.0 Å². The third kappa shape index (κ3) is 2.71. The van der Waals surface area contributed by atoms with Gasteiger partial charge in [-0.2, -0.15) is 4.31 Å². The van der Waals surface area contributed by atoms with Crippen LogP contribution >= 0.6 is 23.2 Å². The quantitative estimate of drug-likeness (QED) is 0.774. The minimum atomic E-state index is -3.55. The summed E-state index contributed by atoms with van der Waals surface area (Å²) in [4.78, 5) is 3.79. The van der Waals surface area contributed by atoms with Crippen molar-refractivity contribution >= 4 is 33.2 Å². The topological polar surface area (TPSA) is 59.5 Å². The first-order valence-electron chi connectivity index (χ1n) is 4.91. The molecule has 0 bridgehead atoms. The van der Waals surface area contributed by atoms with Crippen molar-refractivity contribution in [2.45, 2.75) is 4.90 Å². The van der Waals surface area contributed by atoms with E-state index in [1.807, 2.05) is 0 Å². The van der Waals surface area contributed by atoms with Crippen molar-refractivity contribution < 1.29 is 13.2 Å². The Labute approximate surface area is 109 Å². The molecule has 1 aliphatic heterocycles. The van der Waals surface area contributed by atoms with Gasteiger partial charge >= 0.3 is 0 Å². The van der Waals surface area contributed by atoms with Crippen LogP contribution in [-0.2, 0) is 14.8 Å². The average Bonchev–Trinajstić information content (AvgIpc) is 2.33. The van der Waals surface area contributed by atoms with Crippen LogP contribution in [0.15, 0.2) is 17.2 Å². The molecule has 17 heavy (non-hydrogen) atoms. The molecule has 0 N–H and O–H groups in total. The number of pyridine rings is 1. The molecule has 0 atom stereocenters. The fourth-order valence-electron chi connectivity index (χ4n) is 1.48. The van der Waals surface area contributed by atoms with Gasteiger partial charge in [-0.3, -0.25) is 0 Å². The van der Waals surface area contributed by atoms with Crippen molar-refractivity contribution in [1.29, 1.82) is 0 Å². The Hall–Kier alpha value is -0.400. The van der Waals surface area contributed by atoms with Crippen LogP contribution in [0.2, 0.25) is 10.2 Å². The van der Waals surface area contributed by atoms with Crippen LogP contribution in [0.25, 0.3) is 0 Å². The van der Waals surface area contributed by atoms with Gasteiger partial charge in [0.2, 0.25) is 10.0 Å². The summed E-state index contributed by atoms with van der Waals surface area (Å²) in [5.41, 5.74) is 0. The van der Waals surface area contributed by atoms with Crippen molar-refractivity contribution in [3.05, 3.63) is 22.4 Å². The molecule has 8 heteroatoms. The molecule has 0 saturated carbocycles. The molecule has 0 spiro atoms. The van der Waals surface area contributed by atoms with Gasteiger partial charge in [0.05, 0.1) is 18.2 Å². The van der Waals surface area contributed by atoms with Gasteiger partial charge in [0.15, 0.2) is 0 Å². The van der Waals surface area contributed by atoms with E-state index in [1.54, 1.807) is 0 Å². The molecule has 0 amide bonds. The first kappa shape index (κ1) is 13.0. The predicted octanol–water partition coefficient (Wildman–Crippen LogP) is 1.41. The van der Waals surface area contributed by atoms with Crippen LogP contribution in [0.5, 0.6) is 0 Å². The highest BCUT2D eigenvalue weighted by Gasteiger charge is 2.27. The minimum absolute atomic E-state index is 0.0498. The van der Waals surface area contributed by atoms with Crippen LogP contribution in [0.3, 0.4) is 0 Å². The van der Waals surface area contributed by atoms with Crippen LogP contribution in [-0.4, -0.2) is 44.0 Å². The molecule has 5 nitrogen and oxygen atoms in total. The van der Waals surface area contributed by atoms with Crippen LogP contribution in [0.1, 0.15) is 0 Å². The standard InChI is InChI=1S/C9H10Cl2N2O3S/c10-8-5-7(6-12-9(8)11)17(14,15)13-1-3-16-4-2-13/h5-6H,1-4H2. The first-order valence-corrected chi connectivity index (χ1v) is 7.10. The smallest absolute Gasteiger partial charge is 0.244 e. The van der Waals surface area contributed by atoms with E-state index in [4.69, 9.17) is 27.9 Å². The van der Waals surface area contributed by atoms with Crippen LogP contribution in [0.4, 0.5) is 0 Å². The summed E-state index contributed by atoms with van der Waals surface area (Å²) >= 11 is 11.4. The molecule has 0 aliphatic carbocycles. The summed E-state index contributed by atoms with van der Waals surface area (Å²) in [6, 6.07) is 1.31. The molecule has 1 aromatic heterocycles. The summed E-state index contributed by atoms with van der Waals surface area (Å²) in [6.07, 6.45) is 1.21. The number of morpholine rings is 1. The molecule has 0 radical (unpaired) electrons. The van der Waals surface area contributed by atoms with Gasteiger partial charge in [-0.1, -0.05) is 23.2 Å². The normalized spacial score (nSPS) is 18.2. The third-order valence-corrected chi connectivity index (χ3v) is 4.93. The molecule has 1 fully saturated rings. The lowest BCUT2D eigenvalue weighted by atomic mass is 10.5. The van der Waals surface area contributed by atoms with Gasteiger partial charge in [-0.05, 0) is 6.07 Å². The van der Waals surface area contributed by atoms with E-state index in [0.717, 1.165) is 0 Å². The lowest BCUT2D eigenvalue weighted by Gasteiger charge is -2.25. The number of hydrogen-bond acceptors (Lipinski definition) is 4. The SMILES string of the molecule is O=S(=O)(c1cnc(Cl)c(Cl)c1)N1CCOCC1. The van der Waals surface area contributed by atoms with Crippen molar-refractivity contribution in [1.82, 2.24) is 9.29 Å². The Bertz CT molecular complexity index is 515. The summed E-state index contributed by atoms with van der Waals surface area (Å²) in [6.45, 7) is 1.47. The second kappa shape index (κ2) is 5.07. The summed E-state index contributed by atoms with van der Waals surface area (Å²) in [7, 11) is -3.55. The van der Waals surface area contributed by atoms with Crippen molar-refractivity contribution in [3.63, 3.8) is 0 Å². The minimum Gasteiger partial charge on any atom is -0.379 e. The Morgan fingerprint density at radius 2 is 1.94 bits per heavy atom. The predicted molar refractivity (Wildman–Crippen MR) is 63.8 cm³/mol. The van der Waals surface area contributed by atoms with Gasteiger partial charge in [0, 0.05) is 19.3 Å². The third-order valence-electron chi connectivity index (χ3n) is 2.38. The van der Waals surface area contributed by atoms with Gasteiger partial charge in [-0.25, -0.2) is 13.4 Å². The van der Waals surface area contributed by atoms with E-state index in [1.165, 1.54) is 16.6 Å². The second-order valence-electron chi connectivity index (χ2n) is 3.46. The van der Waals surface area contributed by atoms with E-state index in [-0.39, 0.29) is 15.1 Å². The van der Waals surface area contributed by atoms with E-state index in [9.17, 15) is 8.42 Å². The Balaban J connectivity index is 2.33. The summed E-state index contributed by atoms with van der Waals surface area (Å²) < 4.78 is 30.8. The van der Waals surface area contributed by atoms with Gasteiger partial charge in [0.1, 0.15) is 10.0 Å². The molecule has 0 aromatic carbocycles. The first-order chi connectivity index (χ1) is 8.01. The Morgan fingerprint density at radius 1 is 1.29 bits per heavy atom. The highest BCUT2D eigenvalue weighted by Crippen LogP contribution is 2.24. The number of nitrogens with zero attached hydrogens (tertiary/aromatic N) is 2. The second-order valence-corrected chi connectivity index (χ2v) is 6.16. The zero-order valence-electron chi connectivity index (χ0n) is 8.77. The van der Waals surface area contributed by atoms with Crippen LogP contribution < -0.4 is 0 Å². The maximum atomic E-state index is 12.2.